The van der Waals surface area contributed by atoms with Gasteiger partial charge in [-0.1, -0.05) is 29.5 Å². The molecule has 2 heterocycles. The number of hydrogen-bond donors (Lipinski definition) is 1. The van der Waals surface area contributed by atoms with Crippen molar-refractivity contribution in [1.82, 2.24) is 0 Å². The van der Waals surface area contributed by atoms with Crippen molar-refractivity contribution in [2.24, 2.45) is 11.3 Å². The molecule has 0 bridgehead atoms. The summed E-state index contributed by atoms with van der Waals surface area (Å²) in [6.45, 7) is 9.19. The van der Waals surface area contributed by atoms with Crippen LogP contribution in [0, 0.1) is 11.3 Å². The molecule has 2 aliphatic heterocycles. The predicted molar refractivity (Wildman–Crippen MR) is 82.6 cm³/mol. The molecule has 3 aliphatic rings. The molecule has 0 aromatic rings. The Hall–Kier alpha value is 0.610. The molecule has 110 valence electrons. The summed E-state index contributed by atoms with van der Waals surface area (Å²) in [6.07, 6.45) is 3.29. The zero-order valence-electron chi connectivity index (χ0n) is 12.3. The van der Waals surface area contributed by atoms with Crippen LogP contribution in [0.2, 0.25) is 0 Å². The first-order valence-corrected chi connectivity index (χ1v) is 8.81. The molecular weight excluding hydrogens is 355 g/mol. The minimum Gasteiger partial charge on any atom is -0.390 e. The van der Waals surface area contributed by atoms with Gasteiger partial charge >= 0.3 is 0 Å². The molecule has 1 saturated carbocycles. The largest absolute Gasteiger partial charge is 0.390 e. The fraction of sp³-hybridized carbons (Fsp3) is 1.00. The Balaban J connectivity index is 1.93. The molecule has 0 amide bonds. The lowest BCUT2D eigenvalue weighted by Crippen LogP contribution is -2.77. The van der Waals surface area contributed by atoms with Crippen molar-refractivity contribution >= 4 is 22.6 Å². The van der Waals surface area contributed by atoms with Gasteiger partial charge in [0.1, 0.15) is 11.2 Å². The third-order valence-electron chi connectivity index (χ3n) is 6.14. The van der Waals surface area contributed by atoms with Crippen molar-refractivity contribution in [3.63, 3.8) is 0 Å². The average Bonchev–Trinajstić information content (AvgIpc) is 2.48. The lowest BCUT2D eigenvalue weighted by molar-refractivity contribution is -0.346. The molecule has 0 aromatic carbocycles. The van der Waals surface area contributed by atoms with E-state index in [4.69, 9.17) is 9.47 Å². The second-order valence-electron chi connectivity index (χ2n) is 7.64. The summed E-state index contributed by atoms with van der Waals surface area (Å²) in [5.74, 6) is 0.303. The minimum atomic E-state index is -0.627. The molecule has 19 heavy (non-hydrogen) atoms. The standard InChI is InChI=1S/C15H25IO3/c1-12(2,17)10-5-6-13(3)9-18-14(4)11(8-16)19-15(13,14)7-10/h10-11,17H,5-9H2,1-4H3/t10-,11-,13+,14-,15-/m1/s1. The van der Waals surface area contributed by atoms with E-state index >= 15 is 0 Å². The molecule has 5 atom stereocenters. The molecule has 4 heteroatoms. The summed E-state index contributed by atoms with van der Waals surface area (Å²) in [4.78, 5) is 0. The molecule has 1 spiro atoms. The third-order valence-corrected chi connectivity index (χ3v) is 6.94. The van der Waals surface area contributed by atoms with E-state index in [1.807, 2.05) is 13.8 Å². The second kappa shape index (κ2) is 4.08. The van der Waals surface area contributed by atoms with E-state index in [0.717, 1.165) is 30.3 Å². The summed E-state index contributed by atoms with van der Waals surface area (Å²) in [5, 5.41) is 10.4. The van der Waals surface area contributed by atoms with E-state index in [0.29, 0.717) is 5.92 Å². The van der Waals surface area contributed by atoms with E-state index in [1.165, 1.54) is 0 Å². The minimum absolute atomic E-state index is 0.117. The van der Waals surface area contributed by atoms with E-state index < -0.39 is 5.60 Å². The third kappa shape index (κ3) is 1.66. The summed E-state index contributed by atoms with van der Waals surface area (Å²) in [5.41, 5.74) is -0.851. The van der Waals surface area contributed by atoms with Crippen LogP contribution in [-0.2, 0) is 9.47 Å². The van der Waals surface area contributed by atoms with Crippen molar-refractivity contribution < 1.29 is 14.6 Å². The van der Waals surface area contributed by atoms with Crippen LogP contribution in [0.15, 0.2) is 0 Å². The van der Waals surface area contributed by atoms with Gasteiger partial charge in [0.05, 0.1) is 18.3 Å². The van der Waals surface area contributed by atoms with Gasteiger partial charge in [-0.3, -0.25) is 0 Å². The fourth-order valence-electron chi connectivity index (χ4n) is 4.55. The van der Waals surface area contributed by atoms with Crippen LogP contribution < -0.4 is 0 Å². The van der Waals surface area contributed by atoms with Crippen LogP contribution in [0.25, 0.3) is 0 Å². The van der Waals surface area contributed by atoms with Gasteiger partial charge in [0.15, 0.2) is 0 Å². The van der Waals surface area contributed by atoms with Crippen molar-refractivity contribution in [3.8, 4) is 0 Å². The van der Waals surface area contributed by atoms with Gasteiger partial charge in [-0.15, -0.1) is 0 Å². The van der Waals surface area contributed by atoms with Crippen LogP contribution in [0.3, 0.4) is 0 Å². The SMILES string of the molecule is CC(C)(O)[C@@H]1CC[C@@]2(C)CO[C@]3(C)[C@@H](CI)O[C@]23C1. The Bertz CT molecular complexity index is 393. The monoisotopic (exact) mass is 380 g/mol. The quantitative estimate of drug-likeness (QED) is 0.592. The Morgan fingerprint density at radius 1 is 1.37 bits per heavy atom. The highest BCUT2D eigenvalue weighted by Gasteiger charge is 2.77. The molecule has 1 N–H and O–H groups in total. The first kappa shape index (κ1) is 14.5. The molecule has 1 aliphatic carbocycles. The van der Waals surface area contributed by atoms with Crippen LogP contribution in [0.1, 0.15) is 47.0 Å². The molecule has 0 aromatic heterocycles. The van der Waals surface area contributed by atoms with Crippen molar-refractivity contribution in [1.29, 1.82) is 0 Å². The molecule has 3 fully saturated rings. The van der Waals surface area contributed by atoms with Crippen LogP contribution in [0.4, 0.5) is 0 Å². The Kier molecular flexibility index (Phi) is 3.12. The predicted octanol–water partition coefficient (Wildman–Crippen LogP) is 2.93. The number of ether oxygens (including phenoxy) is 2. The summed E-state index contributed by atoms with van der Waals surface area (Å²) in [6, 6.07) is 0. The number of rotatable bonds is 2. The van der Waals surface area contributed by atoms with Gasteiger partial charge in [0.25, 0.3) is 0 Å². The lowest BCUT2D eigenvalue weighted by atomic mass is 9.52. The van der Waals surface area contributed by atoms with Gasteiger partial charge in [0.2, 0.25) is 0 Å². The van der Waals surface area contributed by atoms with Crippen LogP contribution >= 0.6 is 22.6 Å². The van der Waals surface area contributed by atoms with E-state index in [2.05, 4.69) is 36.4 Å². The number of aliphatic hydroxyl groups is 1. The Morgan fingerprint density at radius 3 is 2.63 bits per heavy atom. The summed E-state index contributed by atoms with van der Waals surface area (Å²) in [7, 11) is 0. The van der Waals surface area contributed by atoms with E-state index in [1.54, 1.807) is 0 Å². The van der Waals surface area contributed by atoms with Gasteiger partial charge in [-0.25, -0.2) is 0 Å². The van der Waals surface area contributed by atoms with Gasteiger partial charge in [-0.05, 0) is 46.0 Å². The Morgan fingerprint density at radius 2 is 2.05 bits per heavy atom. The highest BCUT2D eigenvalue weighted by atomic mass is 127. The fourth-order valence-corrected chi connectivity index (χ4v) is 5.57. The average molecular weight is 380 g/mol. The zero-order valence-corrected chi connectivity index (χ0v) is 14.5. The maximum atomic E-state index is 10.4. The van der Waals surface area contributed by atoms with Gasteiger partial charge in [0, 0.05) is 9.84 Å². The van der Waals surface area contributed by atoms with Crippen molar-refractivity contribution in [3.05, 3.63) is 0 Å². The lowest BCUT2D eigenvalue weighted by Gasteiger charge is -2.65. The maximum absolute atomic E-state index is 10.4. The molecular formula is C15H25IO3. The zero-order chi connectivity index (χ0) is 14.1. The molecule has 3 rings (SSSR count). The Labute approximate surface area is 129 Å². The first-order chi connectivity index (χ1) is 8.69. The maximum Gasteiger partial charge on any atom is 0.122 e. The highest BCUT2D eigenvalue weighted by Crippen LogP contribution is 2.67. The van der Waals surface area contributed by atoms with Gasteiger partial charge in [-0.2, -0.15) is 0 Å². The molecule has 3 nitrogen and oxygen atoms in total. The normalized spacial score (nSPS) is 53.4. The highest BCUT2D eigenvalue weighted by molar-refractivity contribution is 14.1. The number of alkyl halides is 1. The number of hydrogen-bond acceptors (Lipinski definition) is 3. The number of halogens is 1. The summed E-state index contributed by atoms with van der Waals surface area (Å²) >= 11 is 2.38. The van der Waals surface area contributed by atoms with Gasteiger partial charge < -0.3 is 14.6 Å². The molecule has 2 saturated heterocycles. The van der Waals surface area contributed by atoms with Crippen LogP contribution in [0.5, 0.6) is 0 Å². The summed E-state index contributed by atoms with van der Waals surface area (Å²) < 4.78 is 13.6. The van der Waals surface area contributed by atoms with E-state index in [-0.39, 0.29) is 22.7 Å². The second-order valence-corrected chi connectivity index (χ2v) is 8.52. The molecule has 0 unspecified atom stereocenters. The first-order valence-electron chi connectivity index (χ1n) is 7.29. The van der Waals surface area contributed by atoms with Crippen LogP contribution in [-0.4, -0.2) is 39.0 Å². The van der Waals surface area contributed by atoms with E-state index in [9.17, 15) is 5.11 Å². The van der Waals surface area contributed by atoms with Crippen molar-refractivity contribution in [2.45, 2.75) is 69.9 Å². The van der Waals surface area contributed by atoms with Crippen molar-refractivity contribution in [2.75, 3.05) is 11.0 Å². The molecule has 0 radical (unpaired) electrons. The smallest absolute Gasteiger partial charge is 0.122 e. The topological polar surface area (TPSA) is 38.7 Å².